The number of piperidine rings is 1. The third-order valence-corrected chi connectivity index (χ3v) is 4.06. The first kappa shape index (κ1) is 14.6. The summed E-state index contributed by atoms with van der Waals surface area (Å²) >= 11 is 0. The standard InChI is InChI=1S/C14H20N4O2/c1-14(2,13(19)20)18-8-6-10(7-9-18)11-4-5-12(15-3)17-16-11/h4-5,10H,3,6-9H2,1-2H3,(H,19,20). The zero-order chi connectivity index (χ0) is 14.8. The number of carbonyl (C=O) groups is 1. The first-order chi connectivity index (χ1) is 9.45. The molecule has 0 amide bonds. The Kier molecular flexibility index (Phi) is 4.13. The summed E-state index contributed by atoms with van der Waals surface area (Å²) in [6, 6.07) is 3.74. The van der Waals surface area contributed by atoms with E-state index in [1.807, 2.05) is 17.0 Å². The van der Waals surface area contributed by atoms with Gasteiger partial charge < -0.3 is 5.11 Å². The number of aromatic nitrogens is 2. The predicted molar refractivity (Wildman–Crippen MR) is 76.5 cm³/mol. The van der Waals surface area contributed by atoms with Crippen molar-refractivity contribution in [1.29, 1.82) is 0 Å². The number of carboxylic acids is 1. The Hall–Kier alpha value is -1.82. The van der Waals surface area contributed by atoms with Gasteiger partial charge in [-0.1, -0.05) is 0 Å². The highest BCUT2D eigenvalue weighted by Crippen LogP contribution is 2.30. The van der Waals surface area contributed by atoms with E-state index in [-0.39, 0.29) is 0 Å². The molecule has 1 aliphatic rings. The summed E-state index contributed by atoms with van der Waals surface area (Å²) in [4.78, 5) is 17.0. The molecular formula is C14H20N4O2. The van der Waals surface area contributed by atoms with Crippen molar-refractivity contribution >= 4 is 18.5 Å². The fourth-order valence-electron chi connectivity index (χ4n) is 2.51. The quantitative estimate of drug-likeness (QED) is 0.849. The number of nitrogens with zero attached hydrogens (tertiary/aromatic N) is 4. The highest BCUT2D eigenvalue weighted by atomic mass is 16.4. The van der Waals surface area contributed by atoms with E-state index in [0.29, 0.717) is 11.7 Å². The van der Waals surface area contributed by atoms with Gasteiger partial charge in [0.05, 0.1) is 5.69 Å². The fraction of sp³-hybridized carbons (Fsp3) is 0.571. The van der Waals surface area contributed by atoms with Gasteiger partial charge >= 0.3 is 5.97 Å². The zero-order valence-corrected chi connectivity index (χ0v) is 11.9. The van der Waals surface area contributed by atoms with Crippen LogP contribution in [0, 0.1) is 0 Å². The lowest BCUT2D eigenvalue weighted by Gasteiger charge is -2.40. The van der Waals surface area contributed by atoms with Crippen LogP contribution in [0.25, 0.3) is 0 Å². The van der Waals surface area contributed by atoms with Crippen LogP contribution >= 0.6 is 0 Å². The molecular weight excluding hydrogens is 256 g/mol. The molecule has 1 aromatic heterocycles. The number of rotatable bonds is 4. The molecule has 0 aliphatic carbocycles. The van der Waals surface area contributed by atoms with Crippen LogP contribution in [-0.4, -0.2) is 51.5 Å². The van der Waals surface area contributed by atoms with Crippen LogP contribution in [0.1, 0.15) is 38.3 Å². The monoisotopic (exact) mass is 276 g/mol. The van der Waals surface area contributed by atoms with Crippen LogP contribution in [-0.2, 0) is 4.79 Å². The minimum Gasteiger partial charge on any atom is -0.480 e. The lowest BCUT2D eigenvalue weighted by Crippen LogP contribution is -2.52. The van der Waals surface area contributed by atoms with Crippen molar-refractivity contribution in [2.45, 2.75) is 38.1 Å². The van der Waals surface area contributed by atoms with Crippen LogP contribution in [0.2, 0.25) is 0 Å². The number of aliphatic carboxylic acids is 1. The second-order valence-corrected chi connectivity index (χ2v) is 5.60. The maximum absolute atomic E-state index is 11.3. The van der Waals surface area contributed by atoms with Crippen molar-refractivity contribution in [2.75, 3.05) is 13.1 Å². The van der Waals surface area contributed by atoms with Gasteiger partial charge in [0.15, 0.2) is 5.82 Å². The molecule has 0 radical (unpaired) electrons. The van der Waals surface area contributed by atoms with Gasteiger partial charge in [-0.05, 0) is 58.6 Å². The van der Waals surface area contributed by atoms with Crippen molar-refractivity contribution in [3.8, 4) is 0 Å². The minimum absolute atomic E-state index is 0.335. The van der Waals surface area contributed by atoms with E-state index >= 15 is 0 Å². The minimum atomic E-state index is -0.812. The molecule has 0 spiro atoms. The van der Waals surface area contributed by atoms with Gasteiger partial charge in [-0.2, -0.15) is 5.10 Å². The molecule has 2 rings (SSSR count). The molecule has 1 saturated heterocycles. The Morgan fingerprint density at radius 2 is 2.05 bits per heavy atom. The van der Waals surface area contributed by atoms with Crippen molar-refractivity contribution in [3.63, 3.8) is 0 Å². The Bertz CT molecular complexity index is 490. The second-order valence-electron chi connectivity index (χ2n) is 5.60. The molecule has 0 unspecified atom stereocenters. The Balaban J connectivity index is 2.00. The maximum atomic E-state index is 11.3. The lowest BCUT2D eigenvalue weighted by atomic mass is 9.90. The number of carboxylic acid groups (broad SMARTS) is 1. The molecule has 1 N–H and O–H groups in total. The summed E-state index contributed by atoms with van der Waals surface area (Å²) in [5.74, 6) is 0.0811. The van der Waals surface area contributed by atoms with E-state index in [2.05, 4.69) is 21.9 Å². The first-order valence-electron chi connectivity index (χ1n) is 6.74. The molecule has 1 aliphatic heterocycles. The van der Waals surface area contributed by atoms with Crippen molar-refractivity contribution < 1.29 is 9.90 Å². The average Bonchev–Trinajstić information content (AvgIpc) is 2.47. The molecule has 1 aromatic rings. The van der Waals surface area contributed by atoms with Gasteiger partial charge in [-0.25, -0.2) is 4.99 Å². The molecule has 1 fully saturated rings. The van der Waals surface area contributed by atoms with Gasteiger partial charge in [0.2, 0.25) is 0 Å². The molecule has 2 heterocycles. The molecule has 0 aromatic carbocycles. The summed E-state index contributed by atoms with van der Waals surface area (Å²) in [6.07, 6.45) is 1.79. The molecule has 0 saturated carbocycles. The summed E-state index contributed by atoms with van der Waals surface area (Å²) in [6.45, 7) is 8.43. The number of aliphatic imine (C=N–C) groups is 1. The third kappa shape index (κ3) is 2.85. The topological polar surface area (TPSA) is 78.7 Å². The number of hydrogen-bond donors (Lipinski definition) is 1. The van der Waals surface area contributed by atoms with E-state index in [0.717, 1.165) is 31.6 Å². The van der Waals surface area contributed by atoms with Gasteiger partial charge in [0.1, 0.15) is 5.54 Å². The summed E-state index contributed by atoms with van der Waals surface area (Å²) in [5.41, 5.74) is 0.137. The smallest absolute Gasteiger partial charge is 0.323 e. The van der Waals surface area contributed by atoms with Crippen molar-refractivity contribution in [1.82, 2.24) is 15.1 Å². The summed E-state index contributed by atoms with van der Waals surface area (Å²) in [5, 5.41) is 17.4. The third-order valence-electron chi connectivity index (χ3n) is 4.06. The van der Waals surface area contributed by atoms with Crippen LogP contribution < -0.4 is 0 Å². The molecule has 6 heteroatoms. The van der Waals surface area contributed by atoms with Gasteiger partial charge in [-0.15, -0.1) is 5.10 Å². The molecule has 6 nitrogen and oxygen atoms in total. The van der Waals surface area contributed by atoms with E-state index in [1.54, 1.807) is 13.8 Å². The number of hydrogen-bond acceptors (Lipinski definition) is 5. The van der Waals surface area contributed by atoms with E-state index in [1.165, 1.54) is 0 Å². The molecule has 0 atom stereocenters. The van der Waals surface area contributed by atoms with E-state index in [4.69, 9.17) is 0 Å². The first-order valence-corrected chi connectivity index (χ1v) is 6.74. The van der Waals surface area contributed by atoms with Crippen LogP contribution in [0.15, 0.2) is 17.1 Å². The molecule has 0 bridgehead atoms. The SMILES string of the molecule is C=Nc1ccc(C2CCN(C(C)(C)C(=O)O)CC2)nn1. The summed E-state index contributed by atoms with van der Waals surface area (Å²) in [7, 11) is 0. The summed E-state index contributed by atoms with van der Waals surface area (Å²) < 4.78 is 0. The van der Waals surface area contributed by atoms with Gasteiger partial charge in [0.25, 0.3) is 0 Å². The second kappa shape index (κ2) is 5.66. The van der Waals surface area contributed by atoms with Crippen LogP contribution in [0.5, 0.6) is 0 Å². The fourth-order valence-corrected chi connectivity index (χ4v) is 2.51. The maximum Gasteiger partial charge on any atom is 0.323 e. The zero-order valence-electron chi connectivity index (χ0n) is 11.9. The van der Waals surface area contributed by atoms with Crippen LogP contribution in [0.3, 0.4) is 0 Å². The Morgan fingerprint density at radius 1 is 1.40 bits per heavy atom. The Labute approximate surface area is 118 Å². The van der Waals surface area contributed by atoms with E-state index in [9.17, 15) is 9.90 Å². The Morgan fingerprint density at radius 3 is 2.50 bits per heavy atom. The van der Waals surface area contributed by atoms with Crippen LogP contribution in [0.4, 0.5) is 5.82 Å². The highest BCUT2D eigenvalue weighted by molar-refractivity contribution is 5.77. The van der Waals surface area contributed by atoms with Gasteiger partial charge in [-0.3, -0.25) is 9.69 Å². The highest BCUT2D eigenvalue weighted by Gasteiger charge is 2.37. The largest absolute Gasteiger partial charge is 0.480 e. The normalized spacial score (nSPS) is 17.9. The van der Waals surface area contributed by atoms with Gasteiger partial charge in [0, 0.05) is 5.92 Å². The lowest BCUT2D eigenvalue weighted by molar-refractivity contribution is -0.150. The van der Waals surface area contributed by atoms with Crippen molar-refractivity contribution in [2.24, 2.45) is 4.99 Å². The number of likely N-dealkylation sites (tertiary alicyclic amines) is 1. The van der Waals surface area contributed by atoms with Crippen molar-refractivity contribution in [3.05, 3.63) is 17.8 Å². The van der Waals surface area contributed by atoms with E-state index < -0.39 is 11.5 Å². The predicted octanol–water partition coefficient (Wildman–Crippen LogP) is 1.85. The molecule has 20 heavy (non-hydrogen) atoms. The average molecular weight is 276 g/mol. The molecule has 108 valence electrons.